The quantitative estimate of drug-likeness (QED) is 0.557. The monoisotopic (exact) mass is 329 g/mol. The van der Waals surface area contributed by atoms with E-state index >= 15 is 0 Å². The normalized spacial score (nSPS) is 11.6. The molecule has 0 saturated heterocycles. The van der Waals surface area contributed by atoms with Gasteiger partial charge in [-0.2, -0.15) is 0 Å². The third kappa shape index (κ3) is 4.75. The molecular formula is C18H27N5O. The zero-order valence-corrected chi connectivity index (χ0v) is 14.9. The second-order valence-electron chi connectivity index (χ2n) is 6.08. The molecule has 0 aliphatic heterocycles. The lowest BCUT2D eigenvalue weighted by Gasteiger charge is -2.13. The maximum atomic E-state index is 11.6. The Kier molecular flexibility index (Phi) is 6.23. The molecule has 3 N–H and O–H groups in total. The van der Waals surface area contributed by atoms with Gasteiger partial charge in [0.15, 0.2) is 5.96 Å². The molecular weight excluding hydrogens is 302 g/mol. The van der Waals surface area contributed by atoms with Gasteiger partial charge in [-0.1, -0.05) is 12.1 Å². The van der Waals surface area contributed by atoms with Crippen molar-refractivity contribution < 1.29 is 4.79 Å². The number of aliphatic imine (C=N–C) groups is 1. The Morgan fingerprint density at radius 2 is 2.00 bits per heavy atom. The molecule has 24 heavy (non-hydrogen) atoms. The number of rotatable bonds is 6. The van der Waals surface area contributed by atoms with Crippen molar-refractivity contribution in [2.24, 2.45) is 4.99 Å². The number of aromatic amines is 1. The highest BCUT2D eigenvalue weighted by molar-refractivity contribution is 5.84. The Hall–Kier alpha value is -2.50. The number of amides is 1. The summed E-state index contributed by atoms with van der Waals surface area (Å²) in [6.07, 6.45) is 3.42. The SMILES string of the molecule is CN=C(NCCC(=O)N(C)C)NCCc1c[nH]c2cc(C)ccc12. The van der Waals surface area contributed by atoms with Crippen LogP contribution in [0, 0.1) is 6.92 Å². The number of nitrogens with zero attached hydrogens (tertiary/aromatic N) is 2. The third-order valence-electron chi connectivity index (χ3n) is 3.96. The van der Waals surface area contributed by atoms with Crippen LogP contribution < -0.4 is 10.6 Å². The van der Waals surface area contributed by atoms with Gasteiger partial charge in [0, 0.05) is 57.8 Å². The lowest BCUT2D eigenvalue weighted by atomic mass is 10.1. The molecule has 0 fully saturated rings. The average Bonchev–Trinajstić information content (AvgIpc) is 2.95. The molecule has 1 amide bonds. The minimum absolute atomic E-state index is 0.104. The van der Waals surface area contributed by atoms with Crippen LogP contribution in [0.4, 0.5) is 0 Å². The van der Waals surface area contributed by atoms with Gasteiger partial charge in [0.2, 0.25) is 5.91 Å². The molecule has 2 aromatic rings. The number of benzene rings is 1. The summed E-state index contributed by atoms with van der Waals surface area (Å²) < 4.78 is 0. The summed E-state index contributed by atoms with van der Waals surface area (Å²) in [5, 5.41) is 7.72. The van der Waals surface area contributed by atoms with Crippen molar-refractivity contribution in [1.29, 1.82) is 0 Å². The summed E-state index contributed by atoms with van der Waals surface area (Å²) in [7, 11) is 5.26. The first kappa shape index (κ1) is 17.8. The van der Waals surface area contributed by atoms with E-state index in [-0.39, 0.29) is 5.91 Å². The Morgan fingerprint density at radius 3 is 2.71 bits per heavy atom. The Labute approximate surface area is 143 Å². The summed E-state index contributed by atoms with van der Waals surface area (Å²) in [4.78, 5) is 20.7. The second-order valence-corrected chi connectivity index (χ2v) is 6.08. The highest BCUT2D eigenvalue weighted by Gasteiger charge is 2.06. The number of carbonyl (C=O) groups excluding carboxylic acids is 1. The van der Waals surface area contributed by atoms with Crippen molar-refractivity contribution in [3.63, 3.8) is 0 Å². The molecule has 6 heteroatoms. The Bertz CT molecular complexity index is 717. The van der Waals surface area contributed by atoms with Gasteiger partial charge in [-0.05, 0) is 30.5 Å². The van der Waals surface area contributed by atoms with Gasteiger partial charge in [-0.15, -0.1) is 0 Å². The van der Waals surface area contributed by atoms with E-state index in [9.17, 15) is 4.79 Å². The van der Waals surface area contributed by atoms with Crippen LogP contribution in [0.15, 0.2) is 29.4 Å². The fourth-order valence-electron chi connectivity index (χ4n) is 2.55. The fourth-order valence-corrected chi connectivity index (χ4v) is 2.55. The fraction of sp³-hybridized carbons (Fsp3) is 0.444. The summed E-state index contributed by atoms with van der Waals surface area (Å²) in [6, 6.07) is 6.46. The molecule has 1 heterocycles. The van der Waals surface area contributed by atoms with E-state index in [4.69, 9.17) is 0 Å². The van der Waals surface area contributed by atoms with E-state index in [0.717, 1.165) is 18.9 Å². The number of hydrogen-bond acceptors (Lipinski definition) is 2. The molecule has 0 unspecified atom stereocenters. The van der Waals surface area contributed by atoms with E-state index in [2.05, 4.69) is 51.9 Å². The maximum Gasteiger partial charge on any atom is 0.223 e. The average molecular weight is 329 g/mol. The molecule has 0 radical (unpaired) electrons. The predicted octanol–water partition coefficient (Wildman–Crippen LogP) is 1.66. The lowest BCUT2D eigenvalue weighted by molar-refractivity contribution is -0.128. The first-order valence-electron chi connectivity index (χ1n) is 8.22. The highest BCUT2D eigenvalue weighted by atomic mass is 16.2. The van der Waals surface area contributed by atoms with Crippen molar-refractivity contribution in [3.8, 4) is 0 Å². The standard InChI is InChI=1S/C18H27N5O/c1-13-5-6-15-14(12-22-16(15)11-13)7-9-20-18(19-2)21-10-8-17(24)23(3)4/h5-6,11-12,22H,7-10H2,1-4H3,(H2,19,20,21). The summed E-state index contributed by atoms with van der Waals surface area (Å²) in [5.41, 5.74) is 3.72. The van der Waals surface area contributed by atoms with Gasteiger partial charge in [0.25, 0.3) is 0 Å². The largest absolute Gasteiger partial charge is 0.361 e. The number of carbonyl (C=O) groups is 1. The molecule has 0 aliphatic carbocycles. The van der Waals surface area contributed by atoms with Gasteiger partial charge in [-0.25, -0.2) is 0 Å². The number of fused-ring (bicyclic) bond motifs is 1. The number of nitrogens with one attached hydrogen (secondary N) is 3. The van der Waals surface area contributed by atoms with Crippen LogP contribution in [0.25, 0.3) is 10.9 Å². The molecule has 6 nitrogen and oxygen atoms in total. The topological polar surface area (TPSA) is 72.5 Å². The number of H-pyrrole nitrogens is 1. The number of aromatic nitrogens is 1. The first-order chi connectivity index (χ1) is 11.5. The third-order valence-corrected chi connectivity index (χ3v) is 3.96. The summed E-state index contributed by atoms with van der Waals surface area (Å²) >= 11 is 0. The van der Waals surface area contributed by atoms with Crippen LogP contribution in [0.2, 0.25) is 0 Å². The minimum Gasteiger partial charge on any atom is -0.361 e. The Balaban J connectivity index is 1.80. The van der Waals surface area contributed by atoms with E-state index in [1.54, 1.807) is 26.0 Å². The number of aryl methyl sites for hydroxylation is 1. The van der Waals surface area contributed by atoms with Crippen LogP contribution in [-0.4, -0.2) is 56.0 Å². The van der Waals surface area contributed by atoms with Crippen molar-refractivity contribution in [2.75, 3.05) is 34.2 Å². The van der Waals surface area contributed by atoms with Crippen LogP contribution in [0.5, 0.6) is 0 Å². The predicted molar refractivity (Wildman–Crippen MR) is 99.4 cm³/mol. The molecule has 0 bridgehead atoms. The molecule has 1 aromatic heterocycles. The maximum absolute atomic E-state index is 11.6. The van der Waals surface area contributed by atoms with Crippen molar-refractivity contribution in [3.05, 3.63) is 35.5 Å². The molecule has 0 spiro atoms. The van der Waals surface area contributed by atoms with Gasteiger partial charge >= 0.3 is 0 Å². The molecule has 0 atom stereocenters. The molecule has 1 aromatic carbocycles. The van der Waals surface area contributed by atoms with E-state index in [1.807, 2.05) is 0 Å². The van der Waals surface area contributed by atoms with Crippen molar-refractivity contribution in [1.82, 2.24) is 20.5 Å². The van der Waals surface area contributed by atoms with Crippen LogP contribution in [0.3, 0.4) is 0 Å². The molecule has 0 saturated carbocycles. The van der Waals surface area contributed by atoms with Gasteiger partial charge in [0.05, 0.1) is 0 Å². The molecule has 130 valence electrons. The van der Waals surface area contributed by atoms with Crippen molar-refractivity contribution >= 4 is 22.8 Å². The molecule has 0 aliphatic rings. The Morgan fingerprint density at radius 1 is 1.25 bits per heavy atom. The first-order valence-corrected chi connectivity index (χ1v) is 8.22. The van der Waals surface area contributed by atoms with Gasteiger partial charge in [0.1, 0.15) is 0 Å². The van der Waals surface area contributed by atoms with E-state index in [0.29, 0.717) is 13.0 Å². The molecule has 2 rings (SSSR count). The van der Waals surface area contributed by atoms with Crippen LogP contribution in [-0.2, 0) is 11.2 Å². The smallest absolute Gasteiger partial charge is 0.223 e. The number of guanidine groups is 1. The van der Waals surface area contributed by atoms with Crippen molar-refractivity contribution in [2.45, 2.75) is 19.8 Å². The van der Waals surface area contributed by atoms with Gasteiger partial charge in [-0.3, -0.25) is 9.79 Å². The zero-order chi connectivity index (χ0) is 17.5. The zero-order valence-electron chi connectivity index (χ0n) is 14.9. The number of hydrogen-bond donors (Lipinski definition) is 3. The van der Waals surface area contributed by atoms with E-state index in [1.165, 1.54) is 22.0 Å². The summed E-state index contributed by atoms with van der Waals surface area (Å²) in [5.74, 6) is 0.823. The second kappa shape index (κ2) is 8.38. The van der Waals surface area contributed by atoms with Crippen LogP contribution in [0.1, 0.15) is 17.5 Å². The minimum atomic E-state index is 0.104. The van der Waals surface area contributed by atoms with Gasteiger partial charge < -0.3 is 20.5 Å². The highest BCUT2D eigenvalue weighted by Crippen LogP contribution is 2.19. The summed E-state index contributed by atoms with van der Waals surface area (Å²) in [6.45, 7) is 3.45. The lowest BCUT2D eigenvalue weighted by Crippen LogP contribution is -2.40. The van der Waals surface area contributed by atoms with Crippen LogP contribution >= 0.6 is 0 Å². The van der Waals surface area contributed by atoms with E-state index < -0.39 is 0 Å².